The topological polar surface area (TPSA) is 61.5 Å². The Balaban J connectivity index is 2.02. The van der Waals surface area contributed by atoms with E-state index in [2.05, 4.69) is 0 Å². The molecular weight excluding hydrogens is 254 g/mol. The highest BCUT2D eigenvalue weighted by atomic mass is 16.5. The Labute approximate surface area is 120 Å². The molecular formula is C16H23NO3. The SMILES string of the molecule is COc1cc(CCC(N)=O)ccc1OC1CCCCC1. The molecule has 0 spiro atoms. The van der Waals surface area contributed by atoms with E-state index in [9.17, 15) is 4.79 Å². The average molecular weight is 277 g/mol. The number of nitrogens with two attached hydrogens (primary N) is 1. The number of carbonyl (C=O) groups excluding carboxylic acids is 1. The molecule has 1 aliphatic carbocycles. The van der Waals surface area contributed by atoms with Gasteiger partial charge in [-0.05, 0) is 49.8 Å². The van der Waals surface area contributed by atoms with E-state index >= 15 is 0 Å². The normalized spacial score (nSPS) is 15.8. The molecule has 0 radical (unpaired) electrons. The molecule has 1 amide bonds. The van der Waals surface area contributed by atoms with Crippen molar-refractivity contribution in [2.75, 3.05) is 7.11 Å². The van der Waals surface area contributed by atoms with Crippen molar-refractivity contribution in [3.8, 4) is 11.5 Å². The first kappa shape index (κ1) is 14.7. The smallest absolute Gasteiger partial charge is 0.217 e. The first-order valence-corrected chi connectivity index (χ1v) is 7.31. The number of rotatable bonds is 6. The van der Waals surface area contributed by atoms with Crippen LogP contribution in [0, 0.1) is 0 Å². The lowest BCUT2D eigenvalue weighted by Gasteiger charge is -2.24. The number of hydrogen-bond acceptors (Lipinski definition) is 3. The lowest BCUT2D eigenvalue weighted by molar-refractivity contribution is -0.117. The minimum absolute atomic E-state index is 0.286. The van der Waals surface area contributed by atoms with Crippen LogP contribution in [0.25, 0.3) is 0 Å². The van der Waals surface area contributed by atoms with Gasteiger partial charge in [0, 0.05) is 6.42 Å². The fourth-order valence-corrected chi connectivity index (χ4v) is 2.59. The van der Waals surface area contributed by atoms with Crippen LogP contribution in [0.4, 0.5) is 0 Å². The van der Waals surface area contributed by atoms with Crippen molar-refractivity contribution in [1.82, 2.24) is 0 Å². The molecule has 4 heteroatoms. The van der Waals surface area contributed by atoms with Crippen molar-refractivity contribution in [3.63, 3.8) is 0 Å². The van der Waals surface area contributed by atoms with Crippen LogP contribution < -0.4 is 15.2 Å². The summed E-state index contributed by atoms with van der Waals surface area (Å²) in [6.07, 6.45) is 7.31. The van der Waals surface area contributed by atoms with Crippen LogP contribution in [0.3, 0.4) is 0 Å². The maximum absolute atomic E-state index is 10.8. The second kappa shape index (κ2) is 7.17. The molecule has 2 rings (SSSR count). The molecule has 0 unspecified atom stereocenters. The summed E-state index contributed by atoms with van der Waals surface area (Å²) in [7, 11) is 1.64. The monoisotopic (exact) mass is 277 g/mol. The van der Waals surface area contributed by atoms with E-state index in [0.717, 1.165) is 29.9 Å². The fraction of sp³-hybridized carbons (Fsp3) is 0.562. The van der Waals surface area contributed by atoms with Crippen molar-refractivity contribution in [2.24, 2.45) is 5.73 Å². The molecule has 0 aromatic heterocycles. The number of methoxy groups -OCH3 is 1. The second-order valence-corrected chi connectivity index (χ2v) is 5.33. The molecule has 1 saturated carbocycles. The zero-order valence-electron chi connectivity index (χ0n) is 12.1. The Morgan fingerprint density at radius 1 is 1.25 bits per heavy atom. The standard InChI is InChI=1S/C16H23NO3/c1-19-15-11-12(8-10-16(17)18)7-9-14(15)20-13-5-3-2-4-6-13/h7,9,11,13H,2-6,8,10H2,1H3,(H2,17,18). The summed E-state index contributed by atoms with van der Waals surface area (Å²) < 4.78 is 11.4. The molecule has 20 heavy (non-hydrogen) atoms. The number of carbonyl (C=O) groups is 1. The van der Waals surface area contributed by atoms with Gasteiger partial charge in [-0.25, -0.2) is 0 Å². The Morgan fingerprint density at radius 3 is 2.65 bits per heavy atom. The van der Waals surface area contributed by atoms with Crippen molar-refractivity contribution in [3.05, 3.63) is 23.8 Å². The van der Waals surface area contributed by atoms with Crippen LogP contribution in [0.5, 0.6) is 11.5 Å². The maximum Gasteiger partial charge on any atom is 0.217 e. The molecule has 0 heterocycles. The van der Waals surface area contributed by atoms with Gasteiger partial charge in [-0.1, -0.05) is 12.5 Å². The van der Waals surface area contributed by atoms with Crippen molar-refractivity contribution >= 4 is 5.91 Å². The van der Waals surface area contributed by atoms with Crippen molar-refractivity contribution < 1.29 is 14.3 Å². The van der Waals surface area contributed by atoms with Crippen LogP contribution in [-0.4, -0.2) is 19.1 Å². The molecule has 1 aromatic rings. The number of benzene rings is 1. The lowest BCUT2D eigenvalue weighted by Crippen LogP contribution is -2.19. The Kier molecular flexibility index (Phi) is 5.27. The first-order valence-electron chi connectivity index (χ1n) is 7.31. The van der Waals surface area contributed by atoms with E-state index in [-0.39, 0.29) is 5.91 Å². The number of ether oxygens (including phenoxy) is 2. The number of primary amides is 1. The fourth-order valence-electron chi connectivity index (χ4n) is 2.59. The van der Waals surface area contributed by atoms with Gasteiger partial charge in [0.05, 0.1) is 13.2 Å². The first-order chi connectivity index (χ1) is 9.69. The summed E-state index contributed by atoms with van der Waals surface area (Å²) in [6, 6.07) is 5.84. The van der Waals surface area contributed by atoms with E-state index in [1.807, 2.05) is 18.2 Å². The molecule has 0 bridgehead atoms. The van der Waals surface area contributed by atoms with Gasteiger partial charge in [0.15, 0.2) is 11.5 Å². The number of hydrogen-bond donors (Lipinski definition) is 1. The van der Waals surface area contributed by atoms with Gasteiger partial charge in [-0.15, -0.1) is 0 Å². The van der Waals surface area contributed by atoms with Crippen LogP contribution in [0.1, 0.15) is 44.1 Å². The van der Waals surface area contributed by atoms with Crippen molar-refractivity contribution in [2.45, 2.75) is 51.0 Å². The largest absolute Gasteiger partial charge is 0.493 e. The highest BCUT2D eigenvalue weighted by Gasteiger charge is 2.17. The van der Waals surface area contributed by atoms with Crippen LogP contribution >= 0.6 is 0 Å². The third kappa shape index (κ3) is 4.15. The molecule has 0 atom stereocenters. The summed E-state index contributed by atoms with van der Waals surface area (Å²) in [4.78, 5) is 10.8. The van der Waals surface area contributed by atoms with Gasteiger partial charge in [0.1, 0.15) is 0 Å². The Morgan fingerprint density at radius 2 is 2.00 bits per heavy atom. The predicted octanol–water partition coefficient (Wildman–Crippen LogP) is 2.82. The van der Waals surface area contributed by atoms with Crippen molar-refractivity contribution in [1.29, 1.82) is 0 Å². The molecule has 2 N–H and O–H groups in total. The highest BCUT2D eigenvalue weighted by Crippen LogP contribution is 2.32. The van der Waals surface area contributed by atoms with E-state index in [1.54, 1.807) is 7.11 Å². The summed E-state index contributed by atoms with van der Waals surface area (Å²) in [5.74, 6) is 1.24. The number of amides is 1. The molecule has 1 aliphatic rings. The summed E-state index contributed by atoms with van der Waals surface area (Å²) in [6.45, 7) is 0. The molecule has 0 saturated heterocycles. The van der Waals surface area contributed by atoms with Gasteiger partial charge in [0.2, 0.25) is 5.91 Å². The molecule has 0 aliphatic heterocycles. The molecule has 110 valence electrons. The molecule has 4 nitrogen and oxygen atoms in total. The van der Waals surface area contributed by atoms with Gasteiger partial charge in [0.25, 0.3) is 0 Å². The predicted molar refractivity (Wildman–Crippen MR) is 78.0 cm³/mol. The lowest BCUT2D eigenvalue weighted by atomic mass is 9.98. The van der Waals surface area contributed by atoms with E-state index in [1.165, 1.54) is 19.3 Å². The summed E-state index contributed by atoms with van der Waals surface area (Å²) in [5, 5.41) is 0. The number of aryl methyl sites for hydroxylation is 1. The highest BCUT2D eigenvalue weighted by molar-refractivity contribution is 5.74. The Bertz CT molecular complexity index is 453. The molecule has 1 aromatic carbocycles. The minimum Gasteiger partial charge on any atom is -0.493 e. The zero-order valence-corrected chi connectivity index (χ0v) is 12.1. The van der Waals surface area contributed by atoms with Crippen LogP contribution in [0.2, 0.25) is 0 Å². The Hall–Kier alpha value is -1.71. The van der Waals surface area contributed by atoms with E-state index in [0.29, 0.717) is 18.9 Å². The third-order valence-corrected chi connectivity index (χ3v) is 3.73. The molecule has 1 fully saturated rings. The summed E-state index contributed by atoms with van der Waals surface area (Å²) in [5.41, 5.74) is 6.21. The zero-order chi connectivity index (χ0) is 14.4. The third-order valence-electron chi connectivity index (χ3n) is 3.73. The van der Waals surface area contributed by atoms with E-state index < -0.39 is 0 Å². The van der Waals surface area contributed by atoms with Crippen LogP contribution in [-0.2, 0) is 11.2 Å². The average Bonchev–Trinajstić information content (AvgIpc) is 2.47. The van der Waals surface area contributed by atoms with Gasteiger partial charge < -0.3 is 15.2 Å². The maximum atomic E-state index is 10.8. The minimum atomic E-state index is -0.286. The van der Waals surface area contributed by atoms with Gasteiger partial charge in [-0.3, -0.25) is 4.79 Å². The quantitative estimate of drug-likeness (QED) is 0.869. The second-order valence-electron chi connectivity index (χ2n) is 5.33. The van der Waals surface area contributed by atoms with Crippen LogP contribution in [0.15, 0.2) is 18.2 Å². The van der Waals surface area contributed by atoms with E-state index in [4.69, 9.17) is 15.2 Å². The van der Waals surface area contributed by atoms with Gasteiger partial charge >= 0.3 is 0 Å². The summed E-state index contributed by atoms with van der Waals surface area (Å²) >= 11 is 0. The van der Waals surface area contributed by atoms with Gasteiger partial charge in [-0.2, -0.15) is 0 Å².